The molecular formula is C7H9NO3. The summed E-state index contributed by atoms with van der Waals surface area (Å²) >= 11 is 0. The van der Waals surface area contributed by atoms with Crippen LogP contribution in [0, 0.1) is 17.2 Å². The molecule has 4 heteroatoms. The SMILES string of the molecule is CCC(C(=O)O)C(=O)CC#N. The largest absolute Gasteiger partial charge is 0.481 e. The molecule has 0 saturated carbocycles. The van der Waals surface area contributed by atoms with Gasteiger partial charge in [0, 0.05) is 0 Å². The Kier molecular flexibility index (Phi) is 3.89. The highest BCUT2D eigenvalue weighted by Crippen LogP contribution is 2.05. The zero-order chi connectivity index (χ0) is 8.85. The highest BCUT2D eigenvalue weighted by Gasteiger charge is 2.22. The lowest BCUT2D eigenvalue weighted by Gasteiger charge is -2.03. The molecular weight excluding hydrogens is 146 g/mol. The van der Waals surface area contributed by atoms with E-state index in [1.54, 1.807) is 13.0 Å². The minimum absolute atomic E-state index is 0.246. The van der Waals surface area contributed by atoms with Crippen LogP contribution >= 0.6 is 0 Å². The molecule has 0 aliphatic carbocycles. The van der Waals surface area contributed by atoms with Gasteiger partial charge in [0.25, 0.3) is 0 Å². The Bertz CT molecular complexity index is 204. The molecule has 1 N–H and O–H groups in total. The molecule has 0 spiro atoms. The van der Waals surface area contributed by atoms with E-state index in [1.165, 1.54) is 0 Å². The second kappa shape index (κ2) is 4.45. The van der Waals surface area contributed by atoms with Crippen LogP contribution in [-0.2, 0) is 9.59 Å². The number of hydrogen-bond acceptors (Lipinski definition) is 3. The standard InChI is InChI=1S/C7H9NO3/c1-2-5(7(10)11)6(9)3-4-8/h5H,2-3H2,1H3,(H,10,11). The van der Waals surface area contributed by atoms with Crippen molar-refractivity contribution in [3.63, 3.8) is 0 Å². The summed E-state index contributed by atoms with van der Waals surface area (Å²) in [4.78, 5) is 21.1. The number of nitrogens with zero attached hydrogens (tertiary/aromatic N) is 1. The number of carbonyl (C=O) groups is 2. The molecule has 0 saturated heterocycles. The summed E-state index contributed by atoms with van der Waals surface area (Å²) in [5, 5.41) is 16.5. The number of nitriles is 1. The fourth-order valence-electron chi connectivity index (χ4n) is 0.741. The maximum atomic E-state index is 10.8. The van der Waals surface area contributed by atoms with Crippen molar-refractivity contribution in [3.05, 3.63) is 0 Å². The predicted octanol–water partition coefficient (Wildman–Crippen LogP) is 0.580. The Labute approximate surface area is 64.4 Å². The van der Waals surface area contributed by atoms with Crippen LogP contribution in [0.1, 0.15) is 19.8 Å². The van der Waals surface area contributed by atoms with Crippen molar-refractivity contribution in [3.8, 4) is 6.07 Å². The fraction of sp³-hybridized carbons (Fsp3) is 0.571. The average Bonchev–Trinajstić information content (AvgIpc) is 1.88. The zero-order valence-electron chi connectivity index (χ0n) is 6.20. The van der Waals surface area contributed by atoms with Crippen LogP contribution in [-0.4, -0.2) is 16.9 Å². The third-order valence-corrected chi connectivity index (χ3v) is 1.35. The molecule has 0 heterocycles. The normalized spacial score (nSPS) is 11.6. The Morgan fingerprint density at radius 2 is 2.18 bits per heavy atom. The Balaban J connectivity index is 4.17. The number of carboxylic acids is 1. The average molecular weight is 155 g/mol. The minimum Gasteiger partial charge on any atom is -0.481 e. The summed E-state index contributed by atoms with van der Waals surface area (Å²) in [6.45, 7) is 1.61. The van der Waals surface area contributed by atoms with Crippen LogP contribution in [0.15, 0.2) is 0 Å². The van der Waals surface area contributed by atoms with Crippen LogP contribution < -0.4 is 0 Å². The van der Waals surface area contributed by atoms with Crippen molar-refractivity contribution in [1.29, 1.82) is 5.26 Å². The number of carboxylic acid groups (broad SMARTS) is 1. The first-order valence-corrected chi connectivity index (χ1v) is 3.26. The highest BCUT2D eigenvalue weighted by atomic mass is 16.4. The van der Waals surface area contributed by atoms with Gasteiger partial charge >= 0.3 is 5.97 Å². The van der Waals surface area contributed by atoms with Gasteiger partial charge in [-0.1, -0.05) is 6.92 Å². The van der Waals surface area contributed by atoms with Crippen molar-refractivity contribution in [2.24, 2.45) is 5.92 Å². The van der Waals surface area contributed by atoms with Gasteiger partial charge in [-0.15, -0.1) is 0 Å². The number of hydrogen-bond donors (Lipinski definition) is 1. The lowest BCUT2D eigenvalue weighted by molar-refractivity contribution is -0.146. The van der Waals surface area contributed by atoms with Crippen LogP contribution in [0.25, 0.3) is 0 Å². The van der Waals surface area contributed by atoms with Crippen LogP contribution in [0.4, 0.5) is 0 Å². The van der Waals surface area contributed by atoms with Crippen molar-refractivity contribution >= 4 is 11.8 Å². The number of Topliss-reactive ketones (excluding diaryl/α,β-unsaturated/α-hetero) is 1. The zero-order valence-corrected chi connectivity index (χ0v) is 6.20. The van der Waals surface area contributed by atoms with Crippen LogP contribution in [0.2, 0.25) is 0 Å². The van der Waals surface area contributed by atoms with E-state index in [2.05, 4.69) is 0 Å². The van der Waals surface area contributed by atoms with E-state index in [4.69, 9.17) is 10.4 Å². The quantitative estimate of drug-likeness (QED) is 0.602. The summed E-state index contributed by atoms with van der Waals surface area (Å²) < 4.78 is 0. The third kappa shape index (κ3) is 2.80. The van der Waals surface area contributed by atoms with E-state index in [-0.39, 0.29) is 12.8 Å². The Morgan fingerprint density at radius 3 is 2.45 bits per heavy atom. The van der Waals surface area contributed by atoms with Gasteiger partial charge in [0.05, 0.1) is 12.5 Å². The second-order valence-electron chi connectivity index (χ2n) is 2.10. The minimum atomic E-state index is -1.15. The molecule has 0 radical (unpaired) electrons. The fourth-order valence-corrected chi connectivity index (χ4v) is 0.741. The van der Waals surface area contributed by atoms with E-state index in [9.17, 15) is 9.59 Å². The molecule has 11 heavy (non-hydrogen) atoms. The van der Waals surface area contributed by atoms with E-state index < -0.39 is 17.7 Å². The molecule has 0 aromatic rings. The van der Waals surface area contributed by atoms with Crippen molar-refractivity contribution in [1.82, 2.24) is 0 Å². The van der Waals surface area contributed by atoms with Gasteiger partial charge in [0.15, 0.2) is 5.78 Å². The summed E-state index contributed by atoms with van der Waals surface area (Å²) in [5.41, 5.74) is 0. The van der Waals surface area contributed by atoms with E-state index in [1.807, 2.05) is 0 Å². The van der Waals surface area contributed by atoms with Gasteiger partial charge < -0.3 is 5.11 Å². The Morgan fingerprint density at radius 1 is 1.64 bits per heavy atom. The number of rotatable bonds is 4. The summed E-state index contributed by atoms with van der Waals surface area (Å²) in [6.07, 6.45) is -0.0688. The molecule has 0 aromatic carbocycles. The smallest absolute Gasteiger partial charge is 0.314 e. The lowest BCUT2D eigenvalue weighted by atomic mass is 10.00. The molecule has 0 bridgehead atoms. The van der Waals surface area contributed by atoms with E-state index in [0.29, 0.717) is 0 Å². The number of aliphatic carboxylic acids is 1. The van der Waals surface area contributed by atoms with Gasteiger partial charge in [-0.2, -0.15) is 5.26 Å². The van der Waals surface area contributed by atoms with Crippen LogP contribution in [0.3, 0.4) is 0 Å². The van der Waals surface area contributed by atoms with Gasteiger partial charge in [0.1, 0.15) is 5.92 Å². The van der Waals surface area contributed by atoms with Gasteiger partial charge in [-0.05, 0) is 6.42 Å². The molecule has 4 nitrogen and oxygen atoms in total. The third-order valence-electron chi connectivity index (χ3n) is 1.35. The van der Waals surface area contributed by atoms with Gasteiger partial charge in [0.2, 0.25) is 0 Å². The van der Waals surface area contributed by atoms with Crippen molar-refractivity contribution in [2.45, 2.75) is 19.8 Å². The maximum Gasteiger partial charge on any atom is 0.314 e. The number of carbonyl (C=O) groups excluding carboxylic acids is 1. The summed E-state index contributed by atoms with van der Waals surface area (Å²) in [7, 11) is 0. The second-order valence-corrected chi connectivity index (χ2v) is 2.10. The molecule has 0 fully saturated rings. The van der Waals surface area contributed by atoms with Gasteiger partial charge in [-0.3, -0.25) is 9.59 Å². The Hall–Kier alpha value is -1.37. The van der Waals surface area contributed by atoms with E-state index >= 15 is 0 Å². The first-order chi connectivity index (χ1) is 5.13. The molecule has 0 rings (SSSR count). The molecule has 1 unspecified atom stereocenters. The molecule has 0 amide bonds. The first kappa shape index (κ1) is 9.63. The lowest BCUT2D eigenvalue weighted by Crippen LogP contribution is -2.22. The summed E-state index contributed by atoms with van der Waals surface area (Å²) in [6, 6.07) is 1.62. The summed E-state index contributed by atoms with van der Waals surface area (Å²) in [5.74, 6) is -2.66. The van der Waals surface area contributed by atoms with Gasteiger partial charge in [-0.25, -0.2) is 0 Å². The number of ketones is 1. The predicted molar refractivity (Wildman–Crippen MR) is 36.7 cm³/mol. The van der Waals surface area contributed by atoms with Crippen molar-refractivity contribution < 1.29 is 14.7 Å². The molecule has 0 aliphatic heterocycles. The maximum absolute atomic E-state index is 10.8. The molecule has 0 aromatic heterocycles. The topological polar surface area (TPSA) is 78.2 Å². The van der Waals surface area contributed by atoms with E-state index in [0.717, 1.165) is 0 Å². The molecule has 1 atom stereocenters. The molecule has 60 valence electrons. The molecule has 0 aliphatic rings. The highest BCUT2D eigenvalue weighted by molar-refractivity contribution is 5.98. The van der Waals surface area contributed by atoms with Crippen LogP contribution in [0.5, 0.6) is 0 Å². The monoisotopic (exact) mass is 155 g/mol. The van der Waals surface area contributed by atoms with Crippen molar-refractivity contribution in [2.75, 3.05) is 0 Å². The first-order valence-electron chi connectivity index (χ1n) is 3.26.